The molecule has 4 aromatic rings. The normalized spacial score (nSPS) is 10.6. The number of benzene rings is 3. The predicted octanol–water partition coefficient (Wildman–Crippen LogP) is 6.51. The van der Waals surface area contributed by atoms with Crippen LogP contribution in [0.2, 0.25) is 0 Å². The van der Waals surface area contributed by atoms with Crippen LogP contribution in [0.3, 0.4) is 0 Å². The van der Waals surface area contributed by atoms with Crippen LogP contribution in [-0.2, 0) is 6.54 Å². The maximum absolute atomic E-state index is 13.8. The van der Waals surface area contributed by atoms with Crippen molar-refractivity contribution < 1.29 is 19.5 Å². The molecule has 0 aliphatic heterocycles. The third-order valence-electron chi connectivity index (χ3n) is 6.55. The van der Waals surface area contributed by atoms with E-state index in [-0.39, 0.29) is 40.6 Å². The van der Waals surface area contributed by atoms with Crippen molar-refractivity contribution in [1.82, 2.24) is 5.32 Å². The van der Waals surface area contributed by atoms with Crippen molar-refractivity contribution >= 4 is 40.6 Å². The summed E-state index contributed by atoms with van der Waals surface area (Å²) in [5.74, 6) is -2.04. The zero-order chi connectivity index (χ0) is 31.1. The summed E-state index contributed by atoms with van der Waals surface area (Å²) >= 11 is 1.42. The first-order chi connectivity index (χ1) is 20.6. The van der Waals surface area contributed by atoms with Crippen LogP contribution in [0.5, 0.6) is 0 Å². The van der Waals surface area contributed by atoms with Crippen LogP contribution in [0, 0.1) is 11.3 Å². The fraction of sp³-hybridized carbons (Fsp3) is 0.161. The minimum atomic E-state index is -1.25. The summed E-state index contributed by atoms with van der Waals surface area (Å²) in [5.41, 5.74) is 18.4. The molecular weight excluding hydrogens is 566 g/mol. The number of thiophene rings is 1. The van der Waals surface area contributed by atoms with Crippen LogP contribution in [-0.4, -0.2) is 35.3 Å². The van der Waals surface area contributed by atoms with Crippen LogP contribution in [0.4, 0.5) is 5.69 Å². The molecule has 0 aliphatic rings. The zero-order valence-corrected chi connectivity index (χ0v) is 24.2. The lowest BCUT2D eigenvalue weighted by Gasteiger charge is -2.16. The number of amides is 2. The lowest BCUT2D eigenvalue weighted by Crippen LogP contribution is -2.27. The van der Waals surface area contributed by atoms with Crippen molar-refractivity contribution in [2.45, 2.75) is 20.4 Å². The van der Waals surface area contributed by atoms with Gasteiger partial charge >= 0.3 is 5.97 Å². The van der Waals surface area contributed by atoms with Crippen molar-refractivity contribution in [3.8, 4) is 22.3 Å². The minimum absolute atomic E-state index is 0.109. The second-order valence-electron chi connectivity index (χ2n) is 10.1. The molecule has 6 N–H and O–H groups in total. The number of nitrogens with two attached hydrogens (primary N) is 1. The smallest absolute Gasteiger partial charge is 0.336 e. The summed E-state index contributed by atoms with van der Waals surface area (Å²) in [5, 5.41) is 30.7. The molecule has 11 nitrogen and oxygen atoms in total. The number of hydrogen-bond donors (Lipinski definition) is 5. The molecule has 0 saturated heterocycles. The van der Waals surface area contributed by atoms with E-state index in [1.165, 1.54) is 29.5 Å². The molecule has 0 saturated carbocycles. The number of carboxylic acids is 1. The Morgan fingerprint density at radius 1 is 0.953 bits per heavy atom. The van der Waals surface area contributed by atoms with Crippen LogP contribution in [0.25, 0.3) is 32.7 Å². The highest BCUT2D eigenvalue weighted by molar-refractivity contribution is 7.08. The molecule has 0 spiro atoms. The van der Waals surface area contributed by atoms with Gasteiger partial charge < -0.3 is 21.5 Å². The number of azide groups is 1. The number of hydrogen-bond acceptors (Lipinski definition) is 6. The van der Waals surface area contributed by atoms with Crippen molar-refractivity contribution in [3.05, 3.63) is 110 Å². The third-order valence-corrected chi connectivity index (χ3v) is 7.34. The lowest BCUT2D eigenvalue weighted by atomic mass is 9.90. The third kappa shape index (κ3) is 7.25. The number of nitrogens with one attached hydrogen (secondary N) is 3. The van der Waals surface area contributed by atoms with E-state index in [0.29, 0.717) is 28.9 Å². The van der Waals surface area contributed by atoms with Crippen LogP contribution in [0.1, 0.15) is 56.0 Å². The highest BCUT2D eigenvalue weighted by Crippen LogP contribution is 2.35. The second-order valence-corrected chi connectivity index (χ2v) is 10.8. The Bertz CT molecular complexity index is 1760. The van der Waals surface area contributed by atoms with E-state index in [4.69, 9.17) is 16.7 Å². The van der Waals surface area contributed by atoms with Gasteiger partial charge in [-0.15, -0.1) is 0 Å². The molecule has 0 atom stereocenters. The molecule has 0 aliphatic carbocycles. The summed E-state index contributed by atoms with van der Waals surface area (Å²) in [6.07, 6.45) is 0. The number of anilines is 1. The zero-order valence-electron chi connectivity index (χ0n) is 23.4. The summed E-state index contributed by atoms with van der Waals surface area (Å²) in [7, 11) is 0. The molecule has 12 heteroatoms. The Morgan fingerprint density at radius 2 is 1.63 bits per heavy atom. The van der Waals surface area contributed by atoms with Crippen molar-refractivity contribution in [2.24, 2.45) is 16.8 Å². The summed E-state index contributed by atoms with van der Waals surface area (Å²) in [6, 6.07) is 15.9. The van der Waals surface area contributed by atoms with E-state index in [1.807, 2.05) is 24.6 Å². The first-order valence-corrected chi connectivity index (χ1v) is 14.1. The van der Waals surface area contributed by atoms with Gasteiger partial charge in [-0.2, -0.15) is 11.3 Å². The quantitative estimate of drug-likeness (QED) is 0.0432. The van der Waals surface area contributed by atoms with Crippen molar-refractivity contribution in [2.75, 3.05) is 11.9 Å². The van der Waals surface area contributed by atoms with E-state index >= 15 is 0 Å². The van der Waals surface area contributed by atoms with E-state index in [1.54, 1.807) is 42.5 Å². The van der Waals surface area contributed by atoms with Gasteiger partial charge in [-0.05, 0) is 92.5 Å². The number of amidine groups is 1. The molecule has 43 heavy (non-hydrogen) atoms. The fourth-order valence-corrected chi connectivity index (χ4v) is 5.23. The highest BCUT2D eigenvalue weighted by Gasteiger charge is 2.22. The van der Waals surface area contributed by atoms with Gasteiger partial charge in [0, 0.05) is 33.8 Å². The average Bonchev–Trinajstić information content (AvgIpc) is 3.47. The number of rotatable bonds is 11. The number of nitrogens with zero attached hydrogens (tertiary/aromatic N) is 3. The minimum Gasteiger partial charge on any atom is -0.478 e. The maximum atomic E-state index is 13.8. The number of carbonyl (C=O) groups excluding carboxylic acids is 2. The van der Waals surface area contributed by atoms with E-state index < -0.39 is 17.8 Å². The molecule has 0 bridgehead atoms. The Labute approximate surface area is 251 Å². The van der Waals surface area contributed by atoms with Crippen molar-refractivity contribution in [3.63, 3.8) is 0 Å². The topological polar surface area (TPSA) is 194 Å². The second kappa shape index (κ2) is 13.5. The Kier molecular flexibility index (Phi) is 9.56. The van der Waals surface area contributed by atoms with Gasteiger partial charge in [-0.3, -0.25) is 15.0 Å². The molecule has 218 valence electrons. The first kappa shape index (κ1) is 30.5. The number of carbonyl (C=O) groups is 3. The van der Waals surface area contributed by atoms with E-state index in [9.17, 15) is 19.5 Å². The molecular formula is C31H29N7O4S. The molecule has 4 rings (SSSR count). The summed E-state index contributed by atoms with van der Waals surface area (Å²) in [4.78, 5) is 41.7. The number of aromatic carboxylic acids is 1. The number of carboxylic acid groups (broad SMARTS) is 1. The fourth-order valence-electron chi connectivity index (χ4n) is 4.37. The van der Waals surface area contributed by atoms with Crippen LogP contribution >= 0.6 is 11.3 Å². The largest absolute Gasteiger partial charge is 0.478 e. The van der Waals surface area contributed by atoms with Gasteiger partial charge in [-0.25, -0.2) is 4.79 Å². The Morgan fingerprint density at radius 3 is 2.28 bits per heavy atom. The van der Waals surface area contributed by atoms with Gasteiger partial charge in [0.1, 0.15) is 5.84 Å². The van der Waals surface area contributed by atoms with Gasteiger partial charge in [-0.1, -0.05) is 37.2 Å². The van der Waals surface area contributed by atoms with Crippen molar-refractivity contribution in [1.29, 1.82) is 5.41 Å². The van der Waals surface area contributed by atoms with Gasteiger partial charge in [0.2, 0.25) is 0 Å². The molecule has 0 unspecified atom stereocenters. The van der Waals surface area contributed by atoms with Gasteiger partial charge in [0.25, 0.3) is 11.8 Å². The lowest BCUT2D eigenvalue weighted by molar-refractivity contribution is 0.0697. The van der Waals surface area contributed by atoms with E-state index in [0.717, 1.165) is 11.1 Å². The summed E-state index contributed by atoms with van der Waals surface area (Å²) < 4.78 is 0. The summed E-state index contributed by atoms with van der Waals surface area (Å²) in [6.45, 7) is 4.47. The Hall–Kier alpha value is -5.45. The Balaban J connectivity index is 1.82. The van der Waals surface area contributed by atoms with Gasteiger partial charge in [0.15, 0.2) is 0 Å². The SMILES string of the molecule is CC(C)CNC(=O)c1ccc(-c2ccc(-c3cscc3CN=[N+]=[N-])cc2C(=O)Nc2ccc(C(=N)N)cc2)c(C(=O)O)c1. The average molecular weight is 596 g/mol. The highest BCUT2D eigenvalue weighted by atomic mass is 32.1. The first-order valence-electron chi connectivity index (χ1n) is 13.2. The maximum Gasteiger partial charge on any atom is 0.336 e. The molecule has 1 heterocycles. The number of nitrogen functional groups attached to an aromatic ring is 1. The van der Waals surface area contributed by atoms with Crippen LogP contribution < -0.4 is 16.4 Å². The molecule has 0 fully saturated rings. The predicted molar refractivity (Wildman–Crippen MR) is 168 cm³/mol. The van der Waals surface area contributed by atoms with Gasteiger partial charge in [0.05, 0.1) is 12.1 Å². The molecule has 3 aromatic carbocycles. The monoisotopic (exact) mass is 595 g/mol. The molecule has 1 aromatic heterocycles. The molecule has 2 amide bonds. The molecule has 0 radical (unpaired) electrons. The van der Waals surface area contributed by atoms with E-state index in [2.05, 4.69) is 20.7 Å². The van der Waals surface area contributed by atoms with Crippen LogP contribution in [0.15, 0.2) is 76.5 Å². The standard InChI is InChI=1S/C31H29N7O4S/c1-17(2)13-35-29(39)20-6-10-24(26(12-20)31(41)42)23-9-5-19(27-16-43-15-21(27)14-36-38-34)11-25(23)30(40)37-22-7-3-18(4-8-22)28(32)33/h3-12,15-17H,13-14H2,1-2H3,(H3,32,33)(H,35,39)(H,37,40)(H,41,42).